The molecule has 0 aromatic heterocycles. The van der Waals surface area contributed by atoms with Crippen molar-refractivity contribution < 1.29 is 4.39 Å². The summed E-state index contributed by atoms with van der Waals surface area (Å²) in [6, 6.07) is 23.3. The predicted molar refractivity (Wildman–Crippen MR) is 100 cm³/mol. The minimum atomic E-state index is -0.219. The van der Waals surface area contributed by atoms with Crippen molar-refractivity contribution in [2.24, 2.45) is 0 Å². The maximum Gasteiger partial charge on any atom is 0.125 e. The molecule has 0 bridgehead atoms. The van der Waals surface area contributed by atoms with Crippen LogP contribution in [-0.4, -0.2) is 0 Å². The van der Waals surface area contributed by atoms with E-state index in [0.29, 0.717) is 0 Å². The third-order valence-corrected chi connectivity index (χ3v) is 4.71. The zero-order chi connectivity index (χ0) is 16.5. The smallest absolute Gasteiger partial charge is 0.125 e. The lowest BCUT2D eigenvalue weighted by molar-refractivity contribution is 0.627. The van der Waals surface area contributed by atoms with Gasteiger partial charge >= 0.3 is 0 Å². The summed E-state index contributed by atoms with van der Waals surface area (Å²) in [5.74, 6) is -0.219. The summed E-state index contributed by atoms with van der Waals surface area (Å²) >= 11 is 3.57. The second-order valence-corrected chi connectivity index (χ2v) is 6.73. The fourth-order valence-electron chi connectivity index (χ4n) is 3.06. The Hall–Kier alpha value is -2.39. The lowest BCUT2D eigenvalue weighted by Crippen LogP contribution is -2.21. The van der Waals surface area contributed by atoms with Gasteiger partial charge < -0.3 is 4.90 Å². The third-order valence-electron chi connectivity index (χ3n) is 4.21. The second-order valence-electron chi connectivity index (χ2n) is 5.82. The number of rotatable bonds is 2. The van der Waals surface area contributed by atoms with Gasteiger partial charge in [-0.2, -0.15) is 0 Å². The van der Waals surface area contributed by atoms with Crippen molar-refractivity contribution in [3.8, 4) is 0 Å². The van der Waals surface area contributed by atoms with Gasteiger partial charge in [-0.25, -0.2) is 4.39 Å². The summed E-state index contributed by atoms with van der Waals surface area (Å²) in [6.45, 7) is 0.725. The molecule has 0 radical (unpaired) electrons. The number of halogens is 2. The van der Waals surface area contributed by atoms with Crippen LogP contribution in [0.3, 0.4) is 0 Å². The molecule has 0 amide bonds. The Bertz CT molecular complexity index is 918. The number of hydrogen-bond donors (Lipinski definition) is 0. The van der Waals surface area contributed by atoms with Gasteiger partial charge in [-0.05, 0) is 47.0 Å². The van der Waals surface area contributed by atoms with Gasteiger partial charge in [0, 0.05) is 28.5 Å². The Balaban J connectivity index is 1.87. The average Bonchev–Trinajstić information content (AvgIpc) is 2.61. The first kappa shape index (κ1) is 15.2. The van der Waals surface area contributed by atoms with Gasteiger partial charge in [-0.15, -0.1) is 0 Å². The molecule has 3 heteroatoms. The van der Waals surface area contributed by atoms with Crippen LogP contribution >= 0.6 is 15.9 Å². The Labute approximate surface area is 149 Å². The first-order valence-electron chi connectivity index (χ1n) is 7.79. The molecule has 1 aliphatic rings. The highest BCUT2D eigenvalue weighted by Crippen LogP contribution is 2.35. The van der Waals surface area contributed by atoms with E-state index in [1.54, 1.807) is 12.1 Å². The fraction of sp³-hybridized carbons (Fsp3) is 0.0476. The Morgan fingerprint density at radius 2 is 1.71 bits per heavy atom. The Morgan fingerprint density at radius 3 is 2.50 bits per heavy atom. The molecular weight excluding hydrogens is 365 g/mol. The fourth-order valence-corrected chi connectivity index (χ4v) is 3.42. The minimum Gasteiger partial charge on any atom is -0.343 e. The largest absolute Gasteiger partial charge is 0.343 e. The molecule has 0 unspecified atom stereocenters. The molecule has 4 rings (SSSR count). The topological polar surface area (TPSA) is 3.24 Å². The van der Waals surface area contributed by atoms with Gasteiger partial charge in [0.2, 0.25) is 0 Å². The van der Waals surface area contributed by atoms with Crippen molar-refractivity contribution in [3.05, 3.63) is 106 Å². The molecule has 1 heterocycles. The highest BCUT2D eigenvalue weighted by Gasteiger charge is 2.20. The molecule has 0 saturated carbocycles. The summed E-state index contributed by atoms with van der Waals surface area (Å²) in [5, 5.41) is 0. The molecule has 0 atom stereocenters. The molecule has 3 aromatic carbocycles. The first-order chi connectivity index (χ1) is 11.7. The van der Waals surface area contributed by atoms with Crippen LogP contribution in [0.15, 0.2) is 83.5 Å². The average molecular weight is 380 g/mol. The van der Waals surface area contributed by atoms with E-state index in [2.05, 4.69) is 57.4 Å². The van der Waals surface area contributed by atoms with Crippen LogP contribution in [0.5, 0.6) is 0 Å². The normalized spacial score (nSPS) is 13.4. The Morgan fingerprint density at radius 1 is 0.875 bits per heavy atom. The lowest BCUT2D eigenvalue weighted by Gasteiger charge is -2.29. The summed E-state index contributed by atoms with van der Waals surface area (Å²) in [6.07, 6.45) is 2.11. The van der Waals surface area contributed by atoms with E-state index in [9.17, 15) is 4.39 Å². The maximum atomic E-state index is 13.6. The molecule has 3 aromatic rings. The molecule has 118 valence electrons. The van der Waals surface area contributed by atoms with Crippen molar-refractivity contribution in [2.45, 2.75) is 6.54 Å². The van der Waals surface area contributed by atoms with Gasteiger partial charge in [0.15, 0.2) is 0 Å². The van der Waals surface area contributed by atoms with E-state index in [1.807, 2.05) is 24.3 Å². The van der Waals surface area contributed by atoms with Crippen molar-refractivity contribution in [2.75, 3.05) is 4.90 Å². The van der Waals surface area contributed by atoms with E-state index >= 15 is 0 Å². The quantitative estimate of drug-likeness (QED) is 0.527. The SMILES string of the molecule is Fc1cccc(N2C=C(c3ccccc3)c3cc(Br)ccc3C2)c1. The molecule has 0 N–H and O–H groups in total. The lowest BCUT2D eigenvalue weighted by atomic mass is 9.91. The van der Waals surface area contributed by atoms with Gasteiger partial charge in [0.25, 0.3) is 0 Å². The summed E-state index contributed by atoms with van der Waals surface area (Å²) in [4.78, 5) is 2.10. The molecule has 0 aliphatic carbocycles. The standard InChI is InChI=1S/C21H15BrFN/c22-17-10-9-16-13-24(19-8-4-7-18(23)12-19)14-21(20(16)11-17)15-5-2-1-3-6-15/h1-12,14H,13H2. The molecule has 1 nitrogen and oxygen atoms in total. The summed E-state index contributed by atoms with van der Waals surface area (Å²) in [7, 11) is 0. The number of hydrogen-bond acceptors (Lipinski definition) is 1. The van der Waals surface area contributed by atoms with E-state index in [1.165, 1.54) is 17.2 Å². The monoisotopic (exact) mass is 379 g/mol. The zero-order valence-corrected chi connectivity index (χ0v) is 14.5. The van der Waals surface area contributed by atoms with Crippen LogP contribution in [0.25, 0.3) is 5.57 Å². The summed E-state index contributed by atoms with van der Waals surface area (Å²) < 4.78 is 14.7. The van der Waals surface area contributed by atoms with Gasteiger partial charge in [-0.1, -0.05) is 58.4 Å². The van der Waals surface area contributed by atoms with Crippen LogP contribution in [-0.2, 0) is 6.54 Å². The van der Waals surface area contributed by atoms with Crippen LogP contribution in [0.4, 0.5) is 10.1 Å². The van der Waals surface area contributed by atoms with E-state index < -0.39 is 0 Å². The van der Waals surface area contributed by atoms with Crippen LogP contribution in [0.2, 0.25) is 0 Å². The van der Waals surface area contributed by atoms with Crippen molar-refractivity contribution in [1.29, 1.82) is 0 Å². The first-order valence-corrected chi connectivity index (χ1v) is 8.58. The highest BCUT2D eigenvalue weighted by molar-refractivity contribution is 9.10. The molecule has 24 heavy (non-hydrogen) atoms. The molecule has 0 saturated heterocycles. The molecule has 1 aliphatic heterocycles. The number of benzene rings is 3. The zero-order valence-electron chi connectivity index (χ0n) is 12.9. The predicted octanol–water partition coefficient (Wildman–Crippen LogP) is 6.00. The van der Waals surface area contributed by atoms with Gasteiger partial charge in [-0.3, -0.25) is 0 Å². The van der Waals surface area contributed by atoms with Crippen molar-refractivity contribution >= 4 is 27.2 Å². The van der Waals surface area contributed by atoms with E-state index in [-0.39, 0.29) is 5.82 Å². The van der Waals surface area contributed by atoms with Crippen LogP contribution in [0.1, 0.15) is 16.7 Å². The highest BCUT2D eigenvalue weighted by atomic mass is 79.9. The van der Waals surface area contributed by atoms with Crippen LogP contribution in [0, 0.1) is 5.82 Å². The van der Waals surface area contributed by atoms with E-state index in [4.69, 9.17) is 0 Å². The van der Waals surface area contributed by atoms with Gasteiger partial charge in [0.1, 0.15) is 5.82 Å². The molecule has 0 fully saturated rings. The van der Waals surface area contributed by atoms with Gasteiger partial charge in [0.05, 0.1) is 0 Å². The number of nitrogens with zero attached hydrogens (tertiary/aromatic N) is 1. The second kappa shape index (κ2) is 6.25. The van der Waals surface area contributed by atoms with Crippen molar-refractivity contribution in [3.63, 3.8) is 0 Å². The third kappa shape index (κ3) is 2.87. The van der Waals surface area contributed by atoms with E-state index in [0.717, 1.165) is 27.8 Å². The molecule has 0 spiro atoms. The number of fused-ring (bicyclic) bond motifs is 1. The minimum absolute atomic E-state index is 0.219. The molecular formula is C21H15BrFN. The Kier molecular flexibility index (Phi) is 3.95. The number of anilines is 1. The maximum absolute atomic E-state index is 13.6. The van der Waals surface area contributed by atoms with Crippen LogP contribution < -0.4 is 4.90 Å². The summed E-state index contributed by atoms with van der Waals surface area (Å²) in [5.41, 5.74) is 5.59. The van der Waals surface area contributed by atoms with Crippen molar-refractivity contribution in [1.82, 2.24) is 0 Å².